The Morgan fingerprint density at radius 3 is 2.23 bits per heavy atom. The third-order valence-electron chi connectivity index (χ3n) is 6.88. The van der Waals surface area contributed by atoms with Gasteiger partial charge >= 0.3 is 0 Å². The van der Waals surface area contributed by atoms with Crippen LogP contribution in [0.2, 0.25) is 0 Å². The molecule has 1 heterocycles. The van der Waals surface area contributed by atoms with E-state index in [1.54, 1.807) is 11.3 Å². The number of aliphatic hydroxyl groups excluding tert-OH is 1. The van der Waals surface area contributed by atoms with Crippen molar-refractivity contribution in [2.24, 2.45) is 5.41 Å². The molecule has 0 aliphatic heterocycles. The molecule has 4 rings (SSSR count). The normalized spacial score (nSPS) is 13.9. The van der Waals surface area contributed by atoms with E-state index in [9.17, 15) is 5.11 Å². The molecule has 35 heavy (non-hydrogen) atoms. The minimum Gasteiger partial charge on any atom is -0.513 e. The van der Waals surface area contributed by atoms with Gasteiger partial charge in [0.15, 0.2) is 0 Å². The Hall–Kier alpha value is -3.05. The zero-order valence-corrected chi connectivity index (χ0v) is 21.8. The van der Waals surface area contributed by atoms with E-state index in [0.29, 0.717) is 13.0 Å². The summed E-state index contributed by atoms with van der Waals surface area (Å²) in [5.74, 6) is 0.206. The number of aliphatic hydroxyl groups is 1. The van der Waals surface area contributed by atoms with Gasteiger partial charge in [-0.25, -0.2) is 4.98 Å². The lowest BCUT2D eigenvalue weighted by atomic mass is 9.78. The van der Waals surface area contributed by atoms with Crippen molar-refractivity contribution in [3.8, 4) is 11.3 Å². The number of nitrogens with zero attached hydrogens (tertiary/aromatic N) is 2. The summed E-state index contributed by atoms with van der Waals surface area (Å²) in [5, 5.41) is 16.7. The van der Waals surface area contributed by atoms with Gasteiger partial charge in [-0.3, -0.25) is 0 Å². The Labute approximate surface area is 214 Å². The average Bonchev–Trinajstić information content (AvgIpc) is 3.47. The first-order chi connectivity index (χ1) is 16.9. The molecule has 0 amide bonds. The highest BCUT2D eigenvalue weighted by atomic mass is 32.1. The Morgan fingerprint density at radius 2 is 1.66 bits per heavy atom. The molecule has 0 radical (unpaired) electrons. The number of hydrogen-bond donors (Lipinski definition) is 2. The van der Waals surface area contributed by atoms with Crippen LogP contribution < -0.4 is 10.2 Å². The average molecular weight is 488 g/mol. The summed E-state index contributed by atoms with van der Waals surface area (Å²) in [6.07, 6.45) is 4.52. The maximum atomic E-state index is 10.1. The lowest BCUT2D eigenvalue weighted by Gasteiger charge is -2.31. The predicted octanol–water partition coefficient (Wildman–Crippen LogP) is 7.29. The fourth-order valence-corrected chi connectivity index (χ4v) is 5.92. The van der Waals surface area contributed by atoms with Gasteiger partial charge in [-0.1, -0.05) is 63.4 Å². The Kier molecular flexibility index (Phi) is 7.97. The standard InChI is InChI=1S/C30H37N3OS/c1-5-15-33(16-6-2)27-13-11-24(12-14-27)28-21-35-29(32-28)20-31-23(4)30(17-22(3)34)18-25-9-7-8-10-26(25)19-30/h7-14,21,31,34H,3-6,15-20H2,1-2H3. The van der Waals surface area contributed by atoms with Gasteiger partial charge in [-0.05, 0) is 48.9 Å². The largest absolute Gasteiger partial charge is 0.513 e. The molecule has 0 saturated heterocycles. The van der Waals surface area contributed by atoms with Gasteiger partial charge < -0.3 is 15.3 Å². The van der Waals surface area contributed by atoms with Gasteiger partial charge in [0.2, 0.25) is 0 Å². The Morgan fingerprint density at radius 1 is 1.03 bits per heavy atom. The molecule has 1 aromatic heterocycles. The second-order valence-corrected chi connectivity index (χ2v) is 10.6. The summed E-state index contributed by atoms with van der Waals surface area (Å²) >= 11 is 1.66. The molecular formula is C30H37N3OS. The summed E-state index contributed by atoms with van der Waals surface area (Å²) in [4.78, 5) is 7.33. The molecule has 4 nitrogen and oxygen atoms in total. The first-order valence-corrected chi connectivity index (χ1v) is 13.5. The summed E-state index contributed by atoms with van der Waals surface area (Å²) in [6.45, 7) is 15.4. The molecule has 1 aliphatic carbocycles. The maximum absolute atomic E-state index is 10.1. The van der Waals surface area contributed by atoms with Gasteiger partial charge in [0.1, 0.15) is 5.01 Å². The van der Waals surface area contributed by atoms with E-state index in [2.05, 4.69) is 91.1 Å². The highest BCUT2D eigenvalue weighted by Crippen LogP contribution is 2.45. The molecule has 5 heteroatoms. The number of fused-ring (bicyclic) bond motifs is 1. The molecule has 0 fully saturated rings. The molecule has 2 N–H and O–H groups in total. The number of aromatic nitrogens is 1. The van der Waals surface area contributed by atoms with Crippen LogP contribution in [0.5, 0.6) is 0 Å². The van der Waals surface area contributed by atoms with E-state index in [1.807, 2.05) is 0 Å². The SMILES string of the molecule is C=C(O)CC1(C(=C)NCc2nc(-c3ccc(N(CCC)CCC)cc3)cs2)Cc2ccccc2C1. The quantitative estimate of drug-likeness (QED) is 0.263. The summed E-state index contributed by atoms with van der Waals surface area (Å²) < 4.78 is 0. The van der Waals surface area contributed by atoms with Crippen molar-refractivity contribution in [1.29, 1.82) is 0 Å². The summed E-state index contributed by atoms with van der Waals surface area (Å²) in [5.41, 5.74) is 6.77. The van der Waals surface area contributed by atoms with Crippen molar-refractivity contribution in [1.82, 2.24) is 10.3 Å². The highest BCUT2D eigenvalue weighted by Gasteiger charge is 2.40. The topological polar surface area (TPSA) is 48.4 Å². The highest BCUT2D eigenvalue weighted by molar-refractivity contribution is 7.09. The molecule has 1 aliphatic rings. The van der Waals surface area contributed by atoms with Gasteiger partial charge in [0, 0.05) is 47.3 Å². The van der Waals surface area contributed by atoms with E-state index >= 15 is 0 Å². The minimum atomic E-state index is -0.256. The predicted molar refractivity (Wildman–Crippen MR) is 149 cm³/mol. The third-order valence-corrected chi connectivity index (χ3v) is 7.73. The number of thiazole rings is 1. The number of allylic oxidation sites excluding steroid dienone is 2. The molecule has 0 atom stereocenters. The molecule has 0 bridgehead atoms. The van der Waals surface area contributed by atoms with Crippen LogP contribution in [-0.4, -0.2) is 23.2 Å². The van der Waals surface area contributed by atoms with E-state index in [4.69, 9.17) is 4.98 Å². The first kappa shape index (κ1) is 25.1. The number of hydrogen-bond acceptors (Lipinski definition) is 5. The van der Waals surface area contributed by atoms with Crippen LogP contribution in [0.15, 0.2) is 78.5 Å². The zero-order chi connectivity index (χ0) is 24.8. The van der Waals surface area contributed by atoms with Gasteiger partial charge in [-0.2, -0.15) is 0 Å². The van der Waals surface area contributed by atoms with Crippen LogP contribution in [0.3, 0.4) is 0 Å². The smallest absolute Gasteiger partial charge is 0.112 e. The summed E-state index contributed by atoms with van der Waals surface area (Å²) in [7, 11) is 0. The van der Waals surface area contributed by atoms with Gasteiger partial charge in [0.25, 0.3) is 0 Å². The molecule has 0 spiro atoms. The monoisotopic (exact) mass is 487 g/mol. The number of benzene rings is 2. The van der Waals surface area contributed by atoms with Crippen LogP contribution in [0, 0.1) is 5.41 Å². The van der Waals surface area contributed by atoms with Crippen molar-refractivity contribution in [3.05, 3.63) is 94.7 Å². The van der Waals surface area contributed by atoms with Crippen molar-refractivity contribution in [2.75, 3.05) is 18.0 Å². The van der Waals surface area contributed by atoms with Gasteiger partial charge in [-0.15, -0.1) is 11.3 Å². The number of nitrogens with one attached hydrogen (secondary N) is 1. The van der Waals surface area contributed by atoms with Crippen molar-refractivity contribution >= 4 is 17.0 Å². The van der Waals surface area contributed by atoms with Crippen LogP contribution in [0.4, 0.5) is 5.69 Å². The lowest BCUT2D eigenvalue weighted by Crippen LogP contribution is -2.32. The third kappa shape index (κ3) is 5.79. The van der Waals surface area contributed by atoms with E-state index in [-0.39, 0.29) is 11.2 Å². The lowest BCUT2D eigenvalue weighted by molar-refractivity contribution is 0.279. The second kappa shape index (κ2) is 11.1. The number of rotatable bonds is 12. The fourth-order valence-electron chi connectivity index (χ4n) is 5.18. The molecule has 0 unspecified atom stereocenters. The first-order valence-electron chi connectivity index (χ1n) is 12.6. The molecule has 3 aromatic rings. The molecular weight excluding hydrogens is 450 g/mol. The zero-order valence-electron chi connectivity index (χ0n) is 21.0. The van der Waals surface area contributed by atoms with Gasteiger partial charge in [0.05, 0.1) is 18.0 Å². The molecule has 2 aromatic carbocycles. The van der Waals surface area contributed by atoms with E-state index in [0.717, 1.165) is 60.7 Å². The van der Waals surface area contributed by atoms with Crippen molar-refractivity contribution in [2.45, 2.75) is 52.5 Å². The van der Waals surface area contributed by atoms with Crippen LogP contribution in [0.1, 0.15) is 49.2 Å². The maximum Gasteiger partial charge on any atom is 0.112 e. The van der Waals surface area contributed by atoms with Crippen LogP contribution in [0.25, 0.3) is 11.3 Å². The Bertz CT molecular complexity index is 1130. The van der Waals surface area contributed by atoms with Crippen LogP contribution >= 0.6 is 11.3 Å². The minimum absolute atomic E-state index is 0.206. The fraction of sp³-hybridized carbons (Fsp3) is 0.367. The van der Waals surface area contributed by atoms with Crippen LogP contribution in [-0.2, 0) is 19.4 Å². The van der Waals surface area contributed by atoms with Crippen molar-refractivity contribution in [3.63, 3.8) is 0 Å². The summed E-state index contributed by atoms with van der Waals surface area (Å²) in [6, 6.07) is 17.3. The molecule has 0 saturated carbocycles. The number of anilines is 1. The van der Waals surface area contributed by atoms with E-state index in [1.165, 1.54) is 16.8 Å². The van der Waals surface area contributed by atoms with E-state index < -0.39 is 0 Å². The van der Waals surface area contributed by atoms with Crippen molar-refractivity contribution < 1.29 is 5.11 Å². The Balaban J connectivity index is 1.41. The second-order valence-electron chi connectivity index (χ2n) is 9.64. The molecule has 184 valence electrons.